The first-order chi connectivity index (χ1) is 12.1. The van der Waals surface area contributed by atoms with E-state index in [9.17, 15) is 4.79 Å². The van der Waals surface area contributed by atoms with Crippen LogP contribution in [-0.2, 0) is 11.2 Å². The largest absolute Gasteiger partial charge is 0.481 e. The Kier molecular flexibility index (Phi) is 5.42. The van der Waals surface area contributed by atoms with E-state index in [1.807, 2.05) is 31.2 Å². The molecular formula is C22H27NO2. The van der Waals surface area contributed by atoms with E-state index in [1.54, 1.807) is 0 Å². The number of carbonyl (C=O) groups excluding carboxylic acids is 1. The number of hydrogen-bond donors (Lipinski definition) is 1. The van der Waals surface area contributed by atoms with Crippen molar-refractivity contribution in [1.82, 2.24) is 5.32 Å². The van der Waals surface area contributed by atoms with Crippen LogP contribution in [0.4, 0.5) is 0 Å². The van der Waals surface area contributed by atoms with Crippen molar-refractivity contribution >= 4 is 5.91 Å². The van der Waals surface area contributed by atoms with E-state index in [4.69, 9.17) is 4.74 Å². The fourth-order valence-corrected chi connectivity index (χ4v) is 3.50. The summed E-state index contributed by atoms with van der Waals surface area (Å²) in [5.74, 6) is 1.10. The molecule has 1 amide bonds. The number of aryl methyl sites for hydroxylation is 1. The molecule has 2 aromatic rings. The number of carbonyl (C=O) groups is 1. The van der Waals surface area contributed by atoms with Gasteiger partial charge in [0.05, 0.1) is 6.04 Å². The van der Waals surface area contributed by atoms with Gasteiger partial charge in [-0.3, -0.25) is 4.79 Å². The van der Waals surface area contributed by atoms with Crippen LogP contribution in [0.5, 0.6) is 5.75 Å². The minimum Gasteiger partial charge on any atom is -0.481 e. The number of nitrogens with one attached hydrogen (secondary N) is 1. The maximum Gasteiger partial charge on any atom is 0.261 e. The van der Waals surface area contributed by atoms with Crippen LogP contribution in [-0.4, -0.2) is 12.0 Å². The van der Waals surface area contributed by atoms with Crippen molar-refractivity contribution in [3.05, 3.63) is 65.2 Å². The normalized spacial score (nSPS) is 17.7. The first-order valence-electron chi connectivity index (χ1n) is 9.20. The second kappa shape index (κ2) is 7.73. The average Bonchev–Trinajstić information content (AvgIpc) is 2.62. The van der Waals surface area contributed by atoms with Gasteiger partial charge in [0.15, 0.2) is 6.10 Å². The lowest BCUT2D eigenvalue weighted by Crippen LogP contribution is -2.39. The Morgan fingerprint density at radius 1 is 1.08 bits per heavy atom. The predicted molar refractivity (Wildman–Crippen MR) is 101 cm³/mol. The topological polar surface area (TPSA) is 38.3 Å². The van der Waals surface area contributed by atoms with E-state index < -0.39 is 6.10 Å². The number of hydrogen-bond acceptors (Lipinski definition) is 2. The lowest BCUT2D eigenvalue weighted by atomic mass is 9.87. The van der Waals surface area contributed by atoms with E-state index in [1.165, 1.54) is 11.1 Å². The minimum atomic E-state index is -0.519. The Hall–Kier alpha value is -2.29. The summed E-state index contributed by atoms with van der Waals surface area (Å²) in [5, 5.41) is 3.18. The molecule has 25 heavy (non-hydrogen) atoms. The molecule has 1 aliphatic carbocycles. The van der Waals surface area contributed by atoms with Crippen molar-refractivity contribution < 1.29 is 9.53 Å². The summed E-state index contributed by atoms with van der Waals surface area (Å²) in [6.07, 6.45) is 2.66. The van der Waals surface area contributed by atoms with Gasteiger partial charge in [-0.05, 0) is 54.9 Å². The molecule has 0 spiro atoms. The summed E-state index contributed by atoms with van der Waals surface area (Å²) in [7, 11) is 0. The molecule has 2 aromatic carbocycles. The van der Waals surface area contributed by atoms with Gasteiger partial charge in [-0.1, -0.05) is 56.3 Å². The molecule has 2 atom stereocenters. The highest BCUT2D eigenvalue weighted by molar-refractivity contribution is 5.81. The highest BCUT2D eigenvalue weighted by Gasteiger charge is 2.24. The van der Waals surface area contributed by atoms with Crippen LogP contribution in [0.2, 0.25) is 0 Å². The molecule has 0 saturated carbocycles. The van der Waals surface area contributed by atoms with Crippen LogP contribution in [0.1, 0.15) is 62.3 Å². The highest BCUT2D eigenvalue weighted by Crippen LogP contribution is 2.30. The lowest BCUT2D eigenvalue weighted by Gasteiger charge is -2.28. The van der Waals surface area contributed by atoms with Gasteiger partial charge < -0.3 is 10.1 Å². The summed E-state index contributed by atoms with van der Waals surface area (Å²) < 4.78 is 5.99. The third kappa shape index (κ3) is 4.04. The SMILES string of the molecule is CC(C)c1ccccc1O[C@H](C)C(=O)N[C@H]1CCCc2ccccc21. The van der Waals surface area contributed by atoms with Gasteiger partial charge in [0.2, 0.25) is 0 Å². The summed E-state index contributed by atoms with van der Waals surface area (Å²) in [5.41, 5.74) is 3.72. The van der Waals surface area contributed by atoms with Crippen LogP contribution in [0.25, 0.3) is 0 Å². The van der Waals surface area contributed by atoms with Crippen LogP contribution >= 0.6 is 0 Å². The second-order valence-corrected chi connectivity index (χ2v) is 7.10. The molecule has 0 bridgehead atoms. The van der Waals surface area contributed by atoms with Crippen LogP contribution in [0.3, 0.4) is 0 Å². The molecule has 0 unspecified atom stereocenters. The van der Waals surface area contributed by atoms with Crippen molar-refractivity contribution in [3.8, 4) is 5.75 Å². The van der Waals surface area contributed by atoms with Gasteiger partial charge in [-0.25, -0.2) is 0 Å². The number of para-hydroxylation sites is 1. The van der Waals surface area contributed by atoms with Crippen molar-refractivity contribution in [1.29, 1.82) is 0 Å². The monoisotopic (exact) mass is 337 g/mol. The number of amides is 1. The molecule has 3 nitrogen and oxygen atoms in total. The summed E-state index contributed by atoms with van der Waals surface area (Å²) >= 11 is 0. The van der Waals surface area contributed by atoms with Crippen molar-refractivity contribution in [2.24, 2.45) is 0 Å². The van der Waals surface area contributed by atoms with Gasteiger partial charge in [0.1, 0.15) is 5.75 Å². The zero-order chi connectivity index (χ0) is 17.8. The van der Waals surface area contributed by atoms with Gasteiger partial charge in [-0.2, -0.15) is 0 Å². The molecule has 132 valence electrons. The third-order valence-corrected chi connectivity index (χ3v) is 4.90. The third-order valence-electron chi connectivity index (χ3n) is 4.90. The zero-order valence-corrected chi connectivity index (χ0v) is 15.3. The molecule has 0 fully saturated rings. The highest BCUT2D eigenvalue weighted by atomic mass is 16.5. The Balaban J connectivity index is 1.68. The van der Waals surface area contributed by atoms with E-state index in [0.717, 1.165) is 30.6 Å². The number of fused-ring (bicyclic) bond motifs is 1. The van der Waals surface area contributed by atoms with Crippen LogP contribution < -0.4 is 10.1 Å². The maximum absolute atomic E-state index is 12.7. The van der Waals surface area contributed by atoms with Crippen LogP contribution in [0.15, 0.2) is 48.5 Å². The predicted octanol–water partition coefficient (Wildman–Crippen LogP) is 4.77. The Morgan fingerprint density at radius 2 is 1.80 bits per heavy atom. The van der Waals surface area contributed by atoms with Gasteiger partial charge in [0, 0.05) is 0 Å². The standard InChI is InChI=1S/C22H27NO2/c1-15(2)18-11-6-7-14-21(18)25-16(3)22(24)23-20-13-8-10-17-9-4-5-12-19(17)20/h4-7,9,11-12,14-16,20H,8,10,13H2,1-3H3,(H,23,24)/t16-,20+/m1/s1. The molecular weight excluding hydrogens is 310 g/mol. The number of benzene rings is 2. The summed E-state index contributed by atoms with van der Waals surface area (Å²) in [6.45, 7) is 6.08. The molecule has 0 aromatic heterocycles. The van der Waals surface area contributed by atoms with E-state index in [0.29, 0.717) is 5.92 Å². The van der Waals surface area contributed by atoms with Crippen molar-refractivity contribution in [2.45, 2.75) is 58.1 Å². The molecule has 1 aliphatic rings. The molecule has 0 heterocycles. The van der Waals surface area contributed by atoms with Gasteiger partial charge in [0.25, 0.3) is 5.91 Å². The van der Waals surface area contributed by atoms with Gasteiger partial charge >= 0.3 is 0 Å². The summed E-state index contributed by atoms with van der Waals surface area (Å²) in [4.78, 5) is 12.7. The van der Waals surface area contributed by atoms with E-state index in [-0.39, 0.29) is 11.9 Å². The quantitative estimate of drug-likeness (QED) is 0.853. The molecule has 3 heteroatoms. The van der Waals surface area contributed by atoms with E-state index >= 15 is 0 Å². The van der Waals surface area contributed by atoms with Crippen molar-refractivity contribution in [2.75, 3.05) is 0 Å². The maximum atomic E-state index is 12.7. The van der Waals surface area contributed by atoms with Gasteiger partial charge in [-0.15, -0.1) is 0 Å². The second-order valence-electron chi connectivity index (χ2n) is 7.10. The Labute approximate surface area is 150 Å². The first-order valence-corrected chi connectivity index (χ1v) is 9.20. The number of ether oxygens (including phenoxy) is 1. The molecule has 0 saturated heterocycles. The fourth-order valence-electron chi connectivity index (χ4n) is 3.50. The zero-order valence-electron chi connectivity index (χ0n) is 15.3. The number of rotatable bonds is 5. The first kappa shape index (κ1) is 17.5. The molecule has 0 radical (unpaired) electrons. The molecule has 0 aliphatic heterocycles. The van der Waals surface area contributed by atoms with E-state index in [2.05, 4.69) is 43.4 Å². The Morgan fingerprint density at radius 3 is 2.60 bits per heavy atom. The molecule has 3 rings (SSSR count). The fraction of sp³-hybridized carbons (Fsp3) is 0.409. The Bertz CT molecular complexity index is 738. The summed E-state index contributed by atoms with van der Waals surface area (Å²) in [6, 6.07) is 16.4. The minimum absolute atomic E-state index is 0.0553. The van der Waals surface area contributed by atoms with Crippen LogP contribution in [0, 0.1) is 0 Å². The smallest absolute Gasteiger partial charge is 0.261 e. The lowest BCUT2D eigenvalue weighted by molar-refractivity contribution is -0.128. The molecule has 1 N–H and O–H groups in total. The average molecular weight is 337 g/mol. The van der Waals surface area contributed by atoms with Crippen molar-refractivity contribution in [3.63, 3.8) is 0 Å².